The predicted molar refractivity (Wildman–Crippen MR) is 112 cm³/mol. The number of benzene rings is 2. The van der Waals surface area contributed by atoms with E-state index >= 15 is 0 Å². The molecule has 144 valence electrons. The molecule has 2 aromatic rings. The maximum Gasteiger partial charge on any atom is 0.223 e. The van der Waals surface area contributed by atoms with Gasteiger partial charge in [0.2, 0.25) is 5.91 Å². The van der Waals surface area contributed by atoms with Gasteiger partial charge in [-0.25, -0.2) is 0 Å². The van der Waals surface area contributed by atoms with Crippen LogP contribution in [0.3, 0.4) is 0 Å². The third-order valence-corrected chi connectivity index (χ3v) is 5.40. The average Bonchev–Trinajstić information content (AvgIpc) is 2.62. The van der Waals surface area contributed by atoms with E-state index in [0.717, 1.165) is 38.9 Å². The lowest BCUT2D eigenvalue weighted by Crippen LogP contribution is -2.49. The first kappa shape index (κ1) is 19.6. The first-order valence-electron chi connectivity index (χ1n) is 10.1. The Kier molecular flexibility index (Phi) is 6.33. The summed E-state index contributed by atoms with van der Waals surface area (Å²) >= 11 is 0. The van der Waals surface area contributed by atoms with E-state index in [1.165, 1.54) is 16.7 Å². The number of likely N-dealkylation sites (tertiary alicyclic amines) is 1. The number of carbonyl (C=O) groups is 1. The first-order valence-corrected chi connectivity index (χ1v) is 10.1. The van der Waals surface area contributed by atoms with Crippen LogP contribution in [0.15, 0.2) is 54.6 Å². The van der Waals surface area contributed by atoms with Gasteiger partial charge in [0.25, 0.3) is 0 Å². The largest absolute Gasteiger partial charge is 0.351 e. The van der Waals surface area contributed by atoms with Crippen molar-refractivity contribution in [1.82, 2.24) is 10.2 Å². The van der Waals surface area contributed by atoms with E-state index in [0.29, 0.717) is 0 Å². The molecule has 1 amide bonds. The summed E-state index contributed by atoms with van der Waals surface area (Å²) in [5.74, 6) is 0.347. The molecule has 3 nitrogen and oxygen atoms in total. The second kappa shape index (κ2) is 8.71. The molecule has 27 heavy (non-hydrogen) atoms. The highest BCUT2D eigenvalue weighted by Crippen LogP contribution is 2.21. The van der Waals surface area contributed by atoms with Gasteiger partial charge < -0.3 is 5.32 Å². The summed E-state index contributed by atoms with van der Waals surface area (Å²) in [6.45, 7) is 9.33. The van der Waals surface area contributed by atoms with Crippen LogP contribution in [0.2, 0.25) is 0 Å². The minimum absolute atomic E-state index is 0.133. The van der Waals surface area contributed by atoms with Crippen LogP contribution in [0.4, 0.5) is 0 Å². The van der Waals surface area contributed by atoms with Crippen molar-refractivity contribution in [2.75, 3.05) is 13.1 Å². The maximum absolute atomic E-state index is 12.8. The van der Waals surface area contributed by atoms with Crippen LogP contribution in [-0.2, 0) is 17.8 Å². The number of rotatable bonds is 6. The van der Waals surface area contributed by atoms with Crippen molar-refractivity contribution in [3.05, 3.63) is 71.3 Å². The van der Waals surface area contributed by atoms with Crippen LogP contribution in [0.1, 0.15) is 43.4 Å². The zero-order chi connectivity index (χ0) is 19.3. The second-order valence-electron chi connectivity index (χ2n) is 8.57. The molecule has 0 radical (unpaired) electrons. The Bertz CT molecular complexity index is 746. The lowest BCUT2D eigenvalue weighted by Gasteiger charge is -2.34. The number of hydrogen-bond donors (Lipinski definition) is 1. The van der Waals surface area contributed by atoms with Crippen LogP contribution < -0.4 is 5.32 Å². The summed E-state index contributed by atoms with van der Waals surface area (Å²) < 4.78 is 0. The minimum atomic E-state index is -0.225. The van der Waals surface area contributed by atoms with Gasteiger partial charge in [-0.1, -0.05) is 60.2 Å². The van der Waals surface area contributed by atoms with Crippen LogP contribution in [-0.4, -0.2) is 29.4 Å². The van der Waals surface area contributed by atoms with E-state index in [-0.39, 0.29) is 17.4 Å². The molecule has 1 saturated heterocycles. The Morgan fingerprint density at radius 2 is 1.70 bits per heavy atom. The minimum Gasteiger partial charge on any atom is -0.351 e. The number of nitrogens with one attached hydrogen (secondary N) is 1. The Morgan fingerprint density at radius 1 is 1.04 bits per heavy atom. The van der Waals surface area contributed by atoms with Crippen LogP contribution in [0.5, 0.6) is 0 Å². The number of piperidine rings is 1. The fourth-order valence-electron chi connectivity index (χ4n) is 4.01. The van der Waals surface area contributed by atoms with Crippen molar-refractivity contribution in [3.63, 3.8) is 0 Å². The van der Waals surface area contributed by atoms with Gasteiger partial charge in [0.15, 0.2) is 0 Å². The molecule has 0 saturated carbocycles. The number of carbonyl (C=O) groups excluding carboxylic acids is 1. The van der Waals surface area contributed by atoms with E-state index in [9.17, 15) is 4.79 Å². The monoisotopic (exact) mass is 364 g/mol. The molecule has 1 N–H and O–H groups in total. The van der Waals surface area contributed by atoms with E-state index in [1.807, 2.05) is 6.07 Å². The van der Waals surface area contributed by atoms with E-state index < -0.39 is 0 Å². The molecule has 0 aliphatic carbocycles. The van der Waals surface area contributed by atoms with Crippen LogP contribution >= 0.6 is 0 Å². The highest BCUT2D eigenvalue weighted by molar-refractivity contribution is 5.79. The van der Waals surface area contributed by atoms with Crippen molar-refractivity contribution in [1.29, 1.82) is 0 Å². The summed E-state index contributed by atoms with van der Waals surface area (Å²) in [6.07, 6.45) is 2.74. The third kappa shape index (κ3) is 5.93. The second-order valence-corrected chi connectivity index (χ2v) is 8.57. The van der Waals surface area contributed by atoms with Gasteiger partial charge in [-0.15, -0.1) is 0 Å². The van der Waals surface area contributed by atoms with Gasteiger partial charge in [-0.3, -0.25) is 9.69 Å². The Balaban J connectivity index is 1.48. The molecule has 1 fully saturated rings. The third-order valence-electron chi connectivity index (χ3n) is 5.40. The van der Waals surface area contributed by atoms with E-state index in [1.54, 1.807) is 0 Å². The molecule has 0 spiro atoms. The highest BCUT2D eigenvalue weighted by Gasteiger charge is 2.29. The summed E-state index contributed by atoms with van der Waals surface area (Å²) in [5, 5.41) is 3.29. The molecule has 1 aliphatic heterocycles. The molecule has 1 aliphatic rings. The molecular weight excluding hydrogens is 332 g/mol. The summed E-state index contributed by atoms with van der Waals surface area (Å²) in [7, 11) is 0. The number of hydrogen-bond acceptors (Lipinski definition) is 2. The molecule has 0 aromatic heterocycles. The predicted octanol–water partition coefficient (Wildman–Crippen LogP) is 4.34. The van der Waals surface area contributed by atoms with Gasteiger partial charge in [0.1, 0.15) is 0 Å². The topological polar surface area (TPSA) is 32.3 Å². The fraction of sp³-hybridized carbons (Fsp3) is 0.458. The van der Waals surface area contributed by atoms with Crippen molar-refractivity contribution < 1.29 is 4.79 Å². The smallest absolute Gasteiger partial charge is 0.223 e. The molecular formula is C24H32N2O. The number of aryl methyl sites for hydroxylation is 1. The van der Waals surface area contributed by atoms with Crippen molar-refractivity contribution in [2.45, 2.75) is 52.1 Å². The zero-order valence-electron chi connectivity index (χ0n) is 16.9. The van der Waals surface area contributed by atoms with Crippen LogP contribution in [0, 0.1) is 12.8 Å². The molecule has 2 aromatic carbocycles. The zero-order valence-corrected chi connectivity index (χ0v) is 16.9. The molecule has 0 unspecified atom stereocenters. The quantitative estimate of drug-likeness (QED) is 0.827. The van der Waals surface area contributed by atoms with Crippen LogP contribution in [0.25, 0.3) is 0 Å². The summed E-state index contributed by atoms with van der Waals surface area (Å²) in [6, 6.07) is 19.1. The molecule has 3 heteroatoms. The lowest BCUT2D eigenvalue weighted by atomic mass is 9.91. The SMILES string of the molecule is Cc1cccc(CN2CCC(C(=O)NC(C)(C)Cc3ccccc3)CC2)c1. The van der Waals surface area contributed by atoms with E-state index in [4.69, 9.17) is 0 Å². The summed E-state index contributed by atoms with van der Waals surface area (Å²) in [5.41, 5.74) is 3.71. The van der Waals surface area contributed by atoms with Crippen molar-refractivity contribution >= 4 is 5.91 Å². The van der Waals surface area contributed by atoms with Gasteiger partial charge in [0, 0.05) is 18.0 Å². The number of nitrogens with zero attached hydrogens (tertiary/aromatic N) is 1. The van der Waals surface area contributed by atoms with Crippen molar-refractivity contribution in [3.8, 4) is 0 Å². The average molecular weight is 365 g/mol. The normalized spacial score (nSPS) is 16.3. The fourth-order valence-corrected chi connectivity index (χ4v) is 4.01. The molecule has 3 rings (SSSR count). The van der Waals surface area contributed by atoms with Gasteiger partial charge in [-0.2, -0.15) is 0 Å². The first-order chi connectivity index (χ1) is 12.9. The van der Waals surface area contributed by atoms with Gasteiger partial charge >= 0.3 is 0 Å². The Hall–Kier alpha value is -2.13. The van der Waals surface area contributed by atoms with Crippen molar-refractivity contribution in [2.24, 2.45) is 5.92 Å². The molecule has 0 bridgehead atoms. The Labute approximate surface area is 163 Å². The Morgan fingerprint density at radius 3 is 2.37 bits per heavy atom. The maximum atomic E-state index is 12.8. The summed E-state index contributed by atoms with van der Waals surface area (Å²) in [4.78, 5) is 15.2. The van der Waals surface area contributed by atoms with Gasteiger partial charge in [0.05, 0.1) is 0 Å². The van der Waals surface area contributed by atoms with E-state index in [2.05, 4.69) is 79.5 Å². The standard InChI is InChI=1S/C24H32N2O/c1-19-8-7-11-21(16-19)18-26-14-12-22(13-15-26)23(27)25-24(2,3)17-20-9-5-4-6-10-20/h4-11,16,22H,12-15,17-18H2,1-3H3,(H,25,27). The van der Waals surface area contributed by atoms with Gasteiger partial charge in [-0.05, 0) is 64.3 Å². The highest BCUT2D eigenvalue weighted by atomic mass is 16.2. The lowest BCUT2D eigenvalue weighted by molar-refractivity contribution is -0.128. The molecule has 1 heterocycles. The molecule has 0 atom stereocenters. The number of amides is 1.